The number of nitrogens with zero attached hydrogens (tertiary/aromatic N) is 2. The number of carbonyl (C=O) groups is 1. The smallest absolute Gasteiger partial charge is 0.410 e. The number of amides is 1. The van der Waals surface area contributed by atoms with Crippen molar-refractivity contribution in [2.45, 2.75) is 49.6 Å². The summed E-state index contributed by atoms with van der Waals surface area (Å²) in [7, 11) is 0. The van der Waals surface area contributed by atoms with Gasteiger partial charge in [0.15, 0.2) is 0 Å². The van der Waals surface area contributed by atoms with E-state index in [0.29, 0.717) is 12.0 Å². The maximum atomic E-state index is 12.4. The number of likely N-dealkylation sites (tertiary alicyclic amines) is 1. The fourth-order valence-corrected chi connectivity index (χ4v) is 5.12. The van der Waals surface area contributed by atoms with E-state index < -0.39 is 5.60 Å². The first-order valence-electron chi connectivity index (χ1n) is 8.44. The summed E-state index contributed by atoms with van der Waals surface area (Å²) in [4.78, 5) is 18.3. The van der Waals surface area contributed by atoms with Gasteiger partial charge in [0.05, 0.1) is 5.69 Å². The van der Waals surface area contributed by atoms with Crippen LogP contribution in [0, 0.1) is 0 Å². The molecule has 0 unspecified atom stereocenters. The molecule has 2 atom stereocenters. The normalized spacial score (nSPS) is 25.9. The van der Waals surface area contributed by atoms with Crippen molar-refractivity contribution in [2.75, 3.05) is 30.3 Å². The first-order valence-corrected chi connectivity index (χ1v) is 9.43. The second-order valence-electron chi connectivity index (χ2n) is 7.62. The average Bonchev–Trinajstić information content (AvgIpc) is 2.82. The quantitative estimate of drug-likeness (QED) is 0.725. The molecule has 1 saturated heterocycles. The lowest BCUT2D eigenvalue weighted by Crippen LogP contribution is -2.50. The zero-order valence-corrected chi connectivity index (χ0v) is 14.9. The van der Waals surface area contributed by atoms with Crippen molar-refractivity contribution in [2.24, 2.45) is 0 Å². The van der Waals surface area contributed by atoms with Crippen LogP contribution in [-0.2, 0) is 4.74 Å². The Hall–Kier alpha value is -1.36. The predicted octanol–water partition coefficient (Wildman–Crippen LogP) is 3.71. The van der Waals surface area contributed by atoms with Crippen LogP contribution >= 0.6 is 11.8 Å². The summed E-state index contributed by atoms with van der Waals surface area (Å²) >= 11 is 1.96. The third-order valence-electron chi connectivity index (χ3n) is 4.94. The Balaban J connectivity index is 1.59. The Kier molecular flexibility index (Phi) is 3.52. The van der Waals surface area contributed by atoms with Gasteiger partial charge in [0, 0.05) is 42.2 Å². The zero-order chi connectivity index (χ0) is 16.2. The van der Waals surface area contributed by atoms with E-state index in [9.17, 15) is 4.79 Å². The zero-order valence-electron chi connectivity index (χ0n) is 14.0. The lowest BCUT2D eigenvalue weighted by atomic mass is 9.89. The highest BCUT2D eigenvalue weighted by atomic mass is 32.2. The van der Waals surface area contributed by atoms with Crippen LogP contribution in [0.15, 0.2) is 23.1 Å². The molecule has 3 heterocycles. The Labute approximate surface area is 142 Å². The number of thioether (sulfide) groups is 1. The molecule has 0 N–H and O–H groups in total. The van der Waals surface area contributed by atoms with Crippen LogP contribution in [0.2, 0.25) is 0 Å². The number of hydrogen-bond donors (Lipinski definition) is 0. The van der Waals surface area contributed by atoms with Gasteiger partial charge in [-0.2, -0.15) is 0 Å². The molecule has 5 heteroatoms. The second-order valence-corrected chi connectivity index (χ2v) is 8.76. The van der Waals surface area contributed by atoms with Crippen LogP contribution in [-0.4, -0.2) is 48.0 Å². The number of piperidine rings is 1. The van der Waals surface area contributed by atoms with E-state index >= 15 is 0 Å². The molecule has 23 heavy (non-hydrogen) atoms. The van der Waals surface area contributed by atoms with Crippen LogP contribution in [0.1, 0.15) is 38.7 Å². The molecular weight excluding hydrogens is 308 g/mol. The van der Waals surface area contributed by atoms with Crippen LogP contribution in [0.5, 0.6) is 0 Å². The number of benzene rings is 1. The molecule has 0 radical (unpaired) electrons. The first-order chi connectivity index (χ1) is 10.9. The number of carbonyl (C=O) groups excluding carboxylic acids is 1. The number of fused-ring (bicyclic) bond motifs is 3. The highest BCUT2D eigenvalue weighted by Gasteiger charge is 2.45. The van der Waals surface area contributed by atoms with Gasteiger partial charge in [0.2, 0.25) is 0 Å². The highest BCUT2D eigenvalue weighted by molar-refractivity contribution is 7.99. The lowest BCUT2D eigenvalue weighted by molar-refractivity contribution is 0.0189. The van der Waals surface area contributed by atoms with E-state index in [2.05, 4.69) is 23.1 Å². The van der Waals surface area contributed by atoms with Gasteiger partial charge in [0.1, 0.15) is 5.60 Å². The average molecular weight is 332 g/mol. The van der Waals surface area contributed by atoms with E-state index in [4.69, 9.17) is 4.74 Å². The number of para-hydroxylation sites is 1. The van der Waals surface area contributed by atoms with Gasteiger partial charge in [0.25, 0.3) is 0 Å². The van der Waals surface area contributed by atoms with Crippen molar-refractivity contribution in [1.29, 1.82) is 0 Å². The third kappa shape index (κ3) is 2.59. The molecule has 0 aromatic heterocycles. The topological polar surface area (TPSA) is 32.8 Å². The van der Waals surface area contributed by atoms with Gasteiger partial charge in [-0.05, 0) is 38.8 Å². The largest absolute Gasteiger partial charge is 0.444 e. The molecule has 0 saturated carbocycles. The molecule has 0 aliphatic carbocycles. The van der Waals surface area contributed by atoms with E-state index in [1.807, 2.05) is 37.4 Å². The first kappa shape index (κ1) is 15.2. The van der Waals surface area contributed by atoms with Crippen molar-refractivity contribution in [1.82, 2.24) is 4.90 Å². The molecule has 4 rings (SSSR count). The van der Waals surface area contributed by atoms with Crippen molar-refractivity contribution >= 4 is 23.5 Å². The highest BCUT2D eigenvalue weighted by Crippen LogP contribution is 2.50. The summed E-state index contributed by atoms with van der Waals surface area (Å²) in [6, 6.07) is 7.20. The standard InChI is InChI=1S/C18H24N2O2S/c1-18(2,3)22-17(21)19-8-7-14-13(11-19)12-5-4-6-15-16(12)20(14)9-10-23-15/h4-6,13-14H,7-11H2,1-3H3/t13-,14-/m0/s1. The van der Waals surface area contributed by atoms with Crippen molar-refractivity contribution < 1.29 is 9.53 Å². The molecule has 3 aliphatic heterocycles. The van der Waals surface area contributed by atoms with Crippen LogP contribution in [0.4, 0.5) is 10.5 Å². The van der Waals surface area contributed by atoms with Crippen LogP contribution in [0.25, 0.3) is 0 Å². The fraction of sp³-hybridized carbons (Fsp3) is 0.611. The van der Waals surface area contributed by atoms with Crippen molar-refractivity contribution in [3.8, 4) is 0 Å². The SMILES string of the molecule is CC(C)(C)OC(=O)N1CC[C@H]2[C@@H](C1)c1cccc3c1N2CCS3. The van der Waals surface area contributed by atoms with E-state index in [-0.39, 0.29) is 6.09 Å². The molecule has 1 aromatic rings. The summed E-state index contributed by atoms with van der Waals surface area (Å²) in [5.41, 5.74) is 2.43. The van der Waals surface area contributed by atoms with Gasteiger partial charge < -0.3 is 14.5 Å². The van der Waals surface area contributed by atoms with Gasteiger partial charge in [-0.3, -0.25) is 0 Å². The minimum atomic E-state index is -0.430. The molecule has 1 aromatic carbocycles. The number of rotatable bonds is 0. The number of anilines is 1. The van der Waals surface area contributed by atoms with Crippen molar-refractivity contribution in [3.63, 3.8) is 0 Å². The summed E-state index contributed by atoms with van der Waals surface area (Å²) < 4.78 is 5.57. The molecule has 0 bridgehead atoms. The number of hydrogen-bond acceptors (Lipinski definition) is 4. The molecule has 3 aliphatic rings. The van der Waals surface area contributed by atoms with Crippen LogP contribution in [0.3, 0.4) is 0 Å². The summed E-state index contributed by atoms with van der Waals surface area (Å²) in [6.07, 6.45) is 0.860. The van der Waals surface area contributed by atoms with Crippen molar-refractivity contribution in [3.05, 3.63) is 23.8 Å². The molecule has 1 fully saturated rings. The van der Waals surface area contributed by atoms with Gasteiger partial charge in [-0.15, -0.1) is 11.8 Å². The van der Waals surface area contributed by atoms with Gasteiger partial charge >= 0.3 is 6.09 Å². The molecule has 1 amide bonds. The minimum Gasteiger partial charge on any atom is -0.444 e. The number of ether oxygens (including phenoxy) is 1. The predicted molar refractivity (Wildman–Crippen MR) is 93.5 cm³/mol. The van der Waals surface area contributed by atoms with Gasteiger partial charge in [-0.1, -0.05) is 12.1 Å². The maximum absolute atomic E-state index is 12.4. The monoisotopic (exact) mass is 332 g/mol. The molecule has 124 valence electrons. The second kappa shape index (κ2) is 5.33. The van der Waals surface area contributed by atoms with E-state index in [1.54, 1.807) is 0 Å². The summed E-state index contributed by atoms with van der Waals surface area (Å²) in [5, 5.41) is 0. The summed E-state index contributed by atoms with van der Waals surface area (Å²) in [5.74, 6) is 1.58. The Morgan fingerprint density at radius 1 is 1.30 bits per heavy atom. The van der Waals surface area contributed by atoms with E-state index in [0.717, 1.165) is 31.8 Å². The molecular formula is C18H24N2O2S. The fourth-order valence-electron chi connectivity index (χ4n) is 4.07. The Morgan fingerprint density at radius 2 is 2.13 bits per heavy atom. The molecule has 0 spiro atoms. The summed E-state index contributed by atoms with van der Waals surface area (Å²) in [6.45, 7) is 8.48. The maximum Gasteiger partial charge on any atom is 0.410 e. The van der Waals surface area contributed by atoms with Gasteiger partial charge in [-0.25, -0.2) is 4.79 Å². The van der Waals surface area contributed by atoms with Crippen LogP contribution < -0.4 is 4.90 Å². The lowest BCUT2D eigenvalue weighted by Gasteiger charge is -2.40. The van der Waals surface area contributed by atoms with E-state index in [1.165, 1.54) is 16.1 Å². The Bertz CT molecular complexity index is 640. The minimum absolute atomic E-state index is 0.170. The molecule has 4 nitrogen and oxygen atoms in total. The Morgan fingerprint density at radius 3 is 2.91 bits per heavy atom. The third-order valence-corrected chi connectivity index (χ3v) is 5.96.